The molecule has 12 heteroatoms. The maximum atomic E-state index is 15.1. The molecule has 0 spiro atoms. The standard InChI is InChI=1S/C24H22Cl3F2N3O4/c1-2-12-4-8-18(36-12)23(35)32-20-16(28)6-7-17(19(20)29)31-21(33)13-9-11(3-5-15(13)25)30-22(34)14-10-24(14,26)27/h3,5-7,9,12,14,18H,2,4,8,10H2,1H3,(H,30,34)(H,31,33)(H,32,35). The summed E-state index contributed by atoms with van der Waals surface area (Å²) in [6.45, 7) is 1.92. The second-order valence-electron chi connectivity index (χ2n) is 8.66. The maximum Gasteiger partial charge on any atom is 0.257 e. The number of benzene rings is 2. The predicted molar refractivity (Wildman–Crippen MR) is 134 cm³/mol. The summed E-state index contributed by atoms with van der Waals surface area (Å²) in [6, 6.07) is 6.09. The van der Waals surface area contributed by atoms with Crippen molar-refractivity contribution in [1.29, 1.82) is 0 Å². The summed E-state index contributed by atoms with van der Waals surface area (Å²) in [5.41, 5.74) is -0.913. The third kappa shape index (κ3) is 5.75. The Morgan fingerprint density at radius 3 is 2.42 bits per heavy atom. The highest BCUT2D eigenvalue weighted by atomic mass is 35.5. The van der Waals surface area contributed by atoms with E-state index in [-0.39, 0.29) is 28.1 Å². The van der Waals surface area contributed by atoms with Crippen LogP contribution >= 0.6 is 34.8 Å². The number of anilines is 3. The van der Waals surface area contributed by atoms with Crippen molar-refractivity contribution in [3.63, 3.8) is 0 Å². The molecule has 0 bridgehead atoms. The van der Waals surface area contributed by atoms with Crippen LogP contribution in [0.2, 0.25) is 5.02 Å². The molecule has 1 aliphatic heterocycles. The molecule has 1 saturated carbocycles. The number of rotatable bonds is 7. The van der Waals surface area contributed by atoms with Crippen molar-refractivity contribution >= 4 is 69.6 Å². The lowest BCUT2D eigenvalue weighted by atomic mass is 10.1. The summed E-state index contributed by atoms with van der Waals surface area (Å²) >= 11 is 18.0. The van der Waals surface area contributed by atoms with Gasteiger partial charge in [-0.05, 0) is 56.0 Å². The molecule has 1 aliphatic carbocycles. The quantitative estimate of drug-likeness (QED) is 0.368. The van der Waals surface area contributed by atoms with Gasteiger partial charge >= 0.3 is 0 Å². The molecule has 0 aromatic heterocycles. The van der Waals surface area contributed by atoms with E-state index in [1.807, 2.05) is 6.92 Å². The first-order valence-electron chi connectivity index (χ1n) is 11.2. The topological polar surface area (TPSA) is 96.5 Å². The first kappa shape index (κ1) is 26.6. The van der Waals surface area contributed by atoms with E-state index >= 15 is 4.39 Å². The number of amides is 3. The number of nitrogens with one attached hydrogen (secondary N) is 3. The summed E-state index contributed by atoms with van der Waals surface area (Å²) in [6.07, 6.45) is 1.24. The number of carbonyl (C=O) groups is 3. The lowest BCUT2D eigenvalue weighted by Crippen LogP contribution is -2.29. The van der Waals surface area contributed by atoms with Crippen LogP contribution < -0.4 is 16.0 Å². The molecule has 0 radical (unpaired) electrons. The van der Waals surface area contributed by atoms with Gasteiger partial charge in [0.1, 0.15) is 21.9 Å². The van der Waals surface area contributed by atoms with Gasteiger partial charge < -0.3 is 20.7 Å². The van der Waals surface area contributed by atoms with Gasteiger partial charge in [0.2, 0.25) is 5.91 Å². The predicted octanol–water partition coefficient (Wildman–Crippen LogP) is 5.90. The Bertz CT molecular complexity index is 1230. The summed E-state index contributed by atoms with van der Waals surface area (Å²) in [4.78, 5) is 37.6. The van der Waals surface area contributed by atoms with E-state index in [4.69, 9.17) is 39.5 Å². The van der Waals surface area contributed by atoms with Gasteiger partial charge in [-0.25, -0.2) is 8.78 Å². The summed E-state index contributed by atoms with van der Waals surface area (Å²) < 4.78 is 33.9. The van der Waals surface area contributed by atoms with E-state index in [9.17, 15) is 18.8 Å². The Kier molecular flexibility index (Phi) is 7.75. The Morgan fingerprint density at radius 2 is 1.78 bits per heavy atom. The minimum absolute atomic E-state index is 0.0286. The summed E-state index contributed by atoms with van der Waals surface area (Å²) in [5.74, 6) is -4.68. The highest BCUT2D eigenvalue weighted by Crippen LogP contribution is 2.53. The van der Waals surface area contributed by atoms with Gasteiger partial charge in [0.25, 0.3) is 11.8 Å². The van der Waals surface area contributed by atoms with Crippen LogP contribution in [0.3, 0.4) is 0 Å². The molecular weight excluding hydrogens is 539 g/mol. The number of hydrogen-bond acceptors (Lipinski definition) is 4. The van der Waals surface area contributed by atoms with Gasteiger partial charge in [0, 0.05) is 5.69 Å². The highest BCUT2D eigenvalue weighted by molar-refractivity contribution is 6.52. The average molecular weight is 561 g/mol. The van der Waals surface area contributed by atoms with Crippen LogP contribution in [-0.2, 0) is 14.3 Å². The Morgan fingerprint density at radius 1 is 1.06 bits per heavy atom. The fourth-order valence-corrected chi connectivity index (χ4v) is 4.57. The van der Waals surface area contributed by atoms with Crippen molar-refractivity contribution in [3.8, 4) is 0 Å². The normalized spacial score (nSPS) is 22.1. The minimum atomic E-state index is -1.17. The average Bonchev–Trinajstić information content (AvgIpc) is 3.24. The second kappa shape index (κ2) is 10.5. The molecule has 4 rings (SSSR count). The lowest BCUT2D eigenvalue weighted by molar-refractivity contribution is -0.126. The van der Waals surface area contributed by atoms with Crippen molar-refractivity contribution in [1.82, 2.24) is 0 Å². The lowest BCUT2D eigenvalue weighted by Gasteiger charge is -2.16. The molecule has 1 heterocycles. The highest BCUT2D eigenvalue weighted by Gasteiger charge is 2.56. The van der Waals surface area contributed by atoms with Crippen molar-refractivity contribution in [3.05, 3.63) is 52.6 Å². The third-order valence-corrected chi connectivity index (χ3v) is 7.23. The number of alkyl halides is 2. The zero-order valence-electron chi connectivity index (χ0n) is 19.0. The van der Waals surface area contributed by atoms with E-state index in [1.165, 1.54) is 18.2 Å². The molecule has 3 unspecified atom stereocenters. The zero-order valence-corrected chi connectivity index (χ0v) is 21.2. The van der Waals surface area contributed by atoms with Crippen LogP contribution in [0.5, 0.6) is 0 Å². The Balaban J connectivity index is 1.48. The maximum absolute atomic E-state index is 15.1. The largest absolute Gasteiger partial charge is 0.365 e. The molecule has 2 fully saturated rings. The molecule has 3 N–H and O–H groups in total. The van der Waals surface area contributed by atoms with Crippen LogP contribution in [0, 0.1) is 17.6 Å². The summed E-state index contributed by atoms with van der Waals surface area (Å²) in [5, 5.41) is 7.17. The van der Waals surface area contributed by atoms with Crippen molar-refractivity contribution in [2.75, 3.05) is 16.0 Å². The number of ether oxygens (including phenoxy) is 1. The SMILES string of the molecule is CCC1CCC(C(=O)Nc2c(F)ccc(NC(=O)c3cc(NC(=O)C4CC4(Cl)Cl)ccc3Cl)c2F)O1. The van der Waals surface area contributed by atoms with Gasteiger partial charge in [-0.2, -0.15) is 0 Å². The van der Waals surface area contributed by atoms with Crippen LogP contribution in [0.25, 0.3) is 0 Å². The molecule has 3 amide bonds. The van der Waals surface area contributed by atoms with Crippen molar-refractivity contribution < 1.29 is 27.9 Å². The van der Waals surface area contributed by atoms with Gasteiger partial charge in [-0.15, -0.1) is 23.2 Å². The van der Waals surface area contributed by atoms with E-state index in [2.05, 4.69) is 16.0 Å². The van der Waals surface area contributed by atoms with Crippen LogP contribution in [0.1, 0.15) is 43.0 Å². The minimum Gasteiger partial charge on any atom is -0.365 e. The van der Waals surface area contributed by atoms with Crippen molar-refractivity contribution in [2.24, 2.45) is 5.92 Å². The zero-order chi connectivity index (χ0) is 26.2. The van der Waals surface area contributed by atoms with E-state index < -0.39 is 51.4 Å². The molecular formula is C24H22Cl3F2N3O4. The summed E-state index contributed by atoms with van der Waals surface area (Å²) in [7, 11) is 0. The molecule has 2 aromatic carbocycles. The monoisotopic (exact) mass is 559 g/mol. The van der Waals surface area contributed by atoms with E-state index in [1.54, 1.807) is 0 Å². The van der Waals surface area contributed by atoms with Gasteiger partial charge in [0.15, 0.2) is 5.82 Å². The van der Waals surface area contributed by atoms with Crippen molar-refractivity contribution in [2.45, 2.75) is 49.1 Å². The van der Waals surface area contributed by atoms with Gasteiger partial charge in [0.05, 0.1) is 28.3 Å². The Labute approximate surface area is 220 Å². The van der Waals surface area contributed by atoms with Crippen LogP contribution in [0.4, 0.5) is 25.8 Å². The number of carbonyl (C=O) groups excluding carboxylic acids is 3. The number of hydrogen-bond donors (Lipinski definition) is 3. The molecule has 7 nitrogen and oxygen atoms in total. The van der Waals surface area contributed by atoms with E-state index in [0.29, 0.717) is 19.3 Å². The first-order chi connectivity index (χ1) is 17.0. The molecule has 2 aliphatic rings. The fourth-order valence-electron chi connectivity index (χ4n) is 3.86. The molecule has 2 aromatic rings. The first-order valence-corrected chi connectivity index (χ1v) is 12.4. The van der Waals surface area contributed by atoms with Gasteiger partial charge in [-0.3, -0.25) is 14.4 Å². The molecule has 36 heavy (non-hydrogen) atoms. The second-order valence-corrected chi connectivity index (χ2v) is 10.6. The van der Waals surface area contributed by atoms with E-state index in [0.717, 1.165) is 18.6 Å². The van der Waals surface area contributed by atoms with Crippen LogP contribution in [-0.4, -0.2) is 34.3 Å². The Hall–Kier alpha value is -2.46. The fraction of sp³-hybridized carbons (Fsp3) is 0.375. The van der Waals surface area contributed by atoms with Gasteiger partial charge in [-0.1, -0.05) is 18.5 Å². The molecule has 192 valence electrons. The molecule has 3 atom stereocenters. The third-order valence-electron chi connectivity index (χ3n) is 6.06. The smallest absolute Gasteiger partial charge is 0.257 e. The number of halogens is 5. The molecule has 1 saturated heterocycles. The van der Waals surface area contributed by atoms with Crippen LogP contribution in [0.15, 0.2) is 30.3 Å².